The molecule has 2 rings (SSSR count). The number of hydrogen-bond donors (Lipinski definition) is 1. The summed E-state index contributed by atoms with van der Waals surface area (Å²) in [4.78, 5) is 15.7. The molecule has 4 heteroatoms. The molecule has 1 N–H and O–H groups in total. The zero-order valence-electron chi connectivity index (χ0n) is 20.0. The Morgan fingerprint density at radius 3 is 2.56 bits per heavy atom. The fraction of sp³-hybridized carbons (Fsp3) is 0.464. The van der Waals surface area contributed by atoms with E-state index in [4.69, 9.17) is 0 Å². The first-order valence-electron chi connectivity index (χ1n) is 11.5. The van der Waals surface area contributed by atoms with E-state index in [2.05, 4.69) is 91.9 Å². The molecule has 0 unspecified atom stereocenters. The van der Waals surface area contributed by atoms with Gasteiger partial charge in [0.1, 0.15) is 0 Å². The number of nitrogens with one attached hydrogen (secondary N) is 1. The maximum absolute atomic E-state index is 12.3. The Labute approximate surface area is 198 Å². The predicted octanol–water partition coefficient (Wildman–Crippen LogP) is 5.59. The Bertz CT molecular complexity index is 985. The summed E-state index contributed by atoms with van der Waals surface area (Å²) in [6.45, 7) is 11.6. The van der Waals surface area contributed by atoms with Crippen LogP contribution in [0.5, 0.6) is 0 Å². The van der Waals surface area contributed by atoms with Crippen LogP contribution in [-0.2, 0) is 4.79 Å². The average Bonchev–Trinajstić information content (AvgIpc) is 2.76. The van der Waals surface area contributed by atoms with Gasteiger partial charge in [0.25, 0.3) is 0 Å². The summed E-state index contributed by atoms with van der Waals surface area (Å²) in [5, 5.41) is 5.48. The highest BCUT2D eigenvalue weighted by Crippen LogP contribution is 2.23. The van der Waals surface area contributed by atoms with E-state index in [1.54, 1.807) is 11.8 Å². The molecule has 2 aromatic carbocycles. The molecule has 32 heavy (non-hydrogen) atoms. The van der Waals surface area contributed by atoms with E-state index in [1.807, 2.05) is 12.1 Å². The van der Waals surface area contributed by atoms with Crippen LogP contribution in [0, 0.1) is 29.1 Å². The molecule has 2 aromatic rings. The normalized spacial score (nSPS) is 10.9. The van der Waals surface area contributed by atoms with Crippen LogP contribution in [0.25, 0.3) is 10.8 Å². The van der Waals surface area contributed by atoms with Gasteiger partial charge in [-0.15, -0.1) is 11.8 Å². The van der Waals surface area contributed by atoms with E-state index in [1.165, 1.54) is 23.6 Å². The number of amides is 1. The second-order valence-electron chi connectivity index (χ2n) is 8.93. The minimum absolute atomic E-state index is 0.0232. The lowest BCUT2D eigenvalue weighted by molar-refractivity contribution is -0.118. The molecule has 0 aliphatic carbocycles. The molecule has 0 atom stereocenters. The van der Waals surface area contributed by atoms with Crippen LogP contribution in [-0.4, -0.2) is 42.7 Å². The van der Waals surface area contributed by atoms with Crippen LogP contribution in [0.2, 0.25) is 0 Å². The van der Waals surface area contributed by atoms with Crippen molar-refractivity contribution < 1.29 is 4.79 Å². The number of fused-ring (bicyclic) bond motifs is 1. The van der Waals surface area contributed by atoms with Crippen molar-refractivity contribution in [3.05, 3.63) is 42.5 Å². The molecule has 0 aliphatic rings. The third kappa shape index (κ3) is 10.8. The zero-order valence-corrected chi connectivity index (χ0v) is 20.8. The molecule has 1 amide bonds. The smallest absolute Gasteiger partial charge is 0.230 e. The molecule has 0 saturated heterocycles. The summed E-state index contributed by atoms with van der Waals surface area (Å²) in [5.74, 6) is 12.7. The minimum atomic E-state index is -0.0232. The Kier molecular flexibility index (Phi) is 11.2. The van der Waals surface area contributed by atoms with Gasteiger partial charge in [-0.1, -0.05) is 61.9 Å². The fourth-order valence-electron chi connectivity index (χ4n) is 3.08. The summed E-state index contributed by atoms with van der Waals surface area (Å²) < 4.78 is 0. The van der Waals surface area contributed by atoms with Crippen LogP contribution in [0.3, 0.4) is 0 Å². The summed E-state index contributed by atoms with van der Waals surface area (Å²) >= 11 is 1.58. The van der Waals surface area contributed by atoms with Gasteiger partial charge in [0.05, 0.1) is 12.3 Å². The quantitative estimate of drug-likeness (QED) is 0.276. The van der Waals surface area contributed by atoms with Crippen molar-refractivity contribution in [3.63, 3.8) is 0 Å². The van der Waals surface area contributed by atoms with Gasteiger partial charge in [0.2, 0.25) is 5.91 Å². The summed E-state index contributed by atoms with van der Waals surface area (Å²) in [7, 11) is 0. The van der Waals surface area contributed by atoms with Gasteiger partial charge in [-0.2, -0.15) is 0 Å². The van der Waals surface area contributed by atoms with Crippen LogP contribution in [0.1, 0.15) is 47.0 Å². The number of benzene rings is 2. The number of carbonyl (C=O) groups is 1. The van der Waals surface area contributed by atoms with Gasteiger partial charge < -0.3 is 5.32 Å². The van der Waals surface area contributed by atoms with Gasteiger partial charge in [0.15, 0.2) is 0 Å². The standard InChI is InChI=1S/C28H36N2OS/c1-5-6-11-19-30(20-12-7-10-17-28(2,3)4)21-18-29-27(31)23-32-26-16-15-24-13-8-9-14-25(24)22-26/h8-9,13-16,22H,5-6,11,18-21,23H2,1-4H3,(H,29,31). The van der Waals surface area contributed by atoms with Crippen LogP contribution < -0.4 is 5.32 Å². The number of carbonyl (C=O) groups excluding carboxylic acids is 1. The SMILES string of the molecule is CCCCCN(CC#CC#CC(C)(C)C)CCNC(=O)CSc1ccc2ccccc2c1. The second kappa shape index (κ2) is 13.9. The third-order valence-corrected chi connectivity index (χ3v) is 5.80. The van der Waals surface area contributed by atoms with Crippen molar-refractivity contribution >= 4 is 28.4 Å². The minimum Gasteiger partial charge on any atom is -0.354 e. The fourth-order valence-corrected chi connectivity index (χ4v) is 3.85. The Balaban J connectivity index is 1.77. The molecular formula is C28H36N2OS. The lowest BCUT2D eigenvalue weighted by Gasteiger charge is -2.19. The Morgan fingerprint density at radius 2 is 1.81 bits per heavy atom. The van der Waals surface area contributed by atoms with Crippen molar-refractivity contribution in [2.45, 2.75) is 51.9 Å². The lowest BCUT2D eigenvalue weighted by atomic mass is 9.98. The van der Waals surface area contributed by atoms with E-state index in [-0.39, 0.29) is 11.3 Å². The highest BCUT2D eigenvalue weighted by atomic mass is 32.2. The summed E-state index contributed by atoms with van der Waals surface area (Å²) in [6.07, 6.45) is 3.55. The zero-order chi connectivity index (χ0) is 23.2. The molecule has 170 valence electrons. The van der Waals surface area contributed by atoms with Crippen molar-refractivity contribution in [1.82, 2.24) is 10.2 Å². The number of hydrogen-bond acceptors (Lipinski definition) is 3. The topological polar surface area (TPSA) is 32.3 Å². The lowest BCUT2D eigenvalue weighted by Crippen LogP contribution is -2.36. The van der Waals surface area contributed by atoms with Crippen LogP contribution in [0.4, 0.5) is 0 Å². The molecule has 0 aliphatic heterocycles. The largest absolute Gasteiger partial charge is 0.354 e. The van der Waals surface area contributed by atoms with Crippen LogP contribution >= 0.6 is 11.8 Å². The van der Waals surface area contributed by atoms with E-state index >= 15 is 0 Å². The summed E-state index contributed by atoms with van der Waals surface area (Å²) in [6, 6.07) is 14.6. The van der Waals surface area contributed by atoms with Crippen molar-refractivity contribution in [1.29, 1.82) is 0 Å². The maximum atomic E-state index is 12.3. The van der Waals surface area contributed by atoms with Crippen molar-refractivity contribution in [3.8, 4) is 23.7 Å². The first kappa shape index (κ1) is 25.9. The van der Waals surface area contributed by atoms with Gasteiger partial charge >= 0.3 is 0 Å². The maximum Gasteiger partial charge on any atom is 0.230 e. The van der Waals surface area contributed by atoms with E-state index < -0.39 is 0 Å². The molecule has 0 aromatic heterocycles. The van der Waals surface area contributed by atoms with Gasteiger partial charge in [-0.25, -0.2) is 0 Å². The molecule has 0 spiro atoms. The number of rotatable bonds is 11. The third-order valence-electron chi connectivity index (χ3n) is 4.81. The highest BCUT2D eigenvalue weighted by molar-refractivity contribution is 8.00. The molecule has 0 heterocycles. The van der Waals surface area contributed by atoms with Crippen molar-refractivity contribution in [2.24, 2.45) is 5.41 Å². The number of thioether (sulfide) groups is 1. The van der Waals surface area contributed by atoms with Gasteiger partial charge in [0, 0.05) is 23.4 Å². The van der Waals surface area contributed by atoms with Gasteiger partial charge in [-0.05, 0) is 68.5 Å². The van der Waals surface area contributed by atoms with Crippen molar-refractivity contribution in [2.75, 3.05) is 31.9 Å². The average molecular weight is 449 g/mol. The number of unbranched alkanes of at least 4 members (excludes halogenated alkanes) is 2. The molecule has 0 fully saturated rings. The molecule has 0 bridgehead atoms. The Hall–Kier alpha value is -2.40. The van der Waals surface area contributed by atoms with E-state index in [9.17, 15) is 4.79 Å². The molecule has 0 saturated carbocycles. The molecular weight excluding hydrogens is 412 g/mol. The second-order valence-corrected chi connectivity index (χ2v) is 9.98. The number of nitrogens with zero attached hydrogens (tertiary/aromatic N) is 1. The highest BCUT2D eigenvalue weighted by Gasteiger charge is 2.07. The Morgan fingerprint density at radius 1 is 1.03 bits per heavy atom. The first-order chi connectivity index (χ1) is 15.4. The summed E-state index contributed by atoms with van der Waals surface area (Å²) in [5.41, 5.74) is -0.0232. The predicted molar refractivity (Wildman–Crippen MR) is 139 cm³/mol. The van der Waals surface area contributed by atoms with Crippen LogP contribution in [0.15, 0.2) is 47.4 Å². The molecule has 0 radical (unpaired) electrons. The molecule has 3 nitrogen and oxygen atoms in total. The van der Waals surface area contributed by atoms with E-state index in [0.717, 1.165) is 24.4 Å². The monoisotopic (exact) mass is 448 g/mol. The van der Waals surface area contributed by atoms with Gasteiger partial charge in [-0.3, -0.25) is 9.69 Å². The van der Waals surface area contributed by atoms with E-state index in [0.29, 0.717) is 18.8 Å². The first-order valence-corrected chi connectivity index (χ1v) is 12.5.